The van der Waals surface area contributed by atoms with Gasteiger partial charge < -0.3 is 14.5 Å². The van der Waals surface area contributed by atoms with Gasteiger partial charge in [-0.15, -0.1) is 11.8 Å². The molecular weight excluding hydrogens is 557 g/mol. The Bertz CT molecular complexity index is 1530. The summed E-state index contributed by atoms with van der Waals surface area (Å²) in [4.78, 5) is 34.3. The smallest absolute Gasteiger partial charge is 0.350 e. The van der Waals surface area contributed by atoms with Crippen molar-refractivity contribution in [3.8, 4) is 11.1 Å². The van der Waals surface area contributed by atoms with Crippen LogP contribution in [0.15, 0.2) is 40.5 Å². The zero-order chi connectivity index (χ0) is 27.3. The summed E-state index contributed by atoms with van der Waals surface area (Å²) in [5.74, 6) is -0.965. The molecule has 0 spiro atoms. The van der Waals surface area contributed by atoms with E-state index in [0.29, 0.717) is 52.6 Å². The van der Waals surface area contributed by atoms with Gasteiger partial charge in [-0.1, -0.05) is 29.8 Å². The van der Waals surface area contributed by atoms with Gasteiger partial charge in [-0.3, -0.25) is 9.36 Å². The van der Waals surface area contributed by atoms with Gasteiger partial charge in [0.25, 0.3) is 0 Å². The second-order valence-electron chi connectivity index (χ2n) is 9.23. The summed E-state index contributed by atoms with van der Waals surface area (Å²) in [6, 6.07) is 3.43. The molecule has 7 nitrogen and oxygen atoms in total. The number of aromatic nitrogens is 2. The third-order valence-corrected chi connectivity index (χ3v) is 8.76. The Hall–Kier alpha value is -2.66. The maximum absolute atomic E-state index is 15.1. The van der Waals surface area contributed by atoms with Crippen LogP contribution >= 0.6 is 35.0 Å². The molecule has 12 heteroatoms. The number of amides is 1. The molecule has 1 aromatic heterocycles. The standard InChI is InChI=1S/C26H24Cl2F2N4O3S/c1-4-21(35)32-5-6-33(13(2)10-32)25-16-8-18(28)22(15-7-17(27)20(30)9-19(15)29)24-23(16)34(26(36)31-25)11-14(37-3)12-38-24/h4,7-9,13-14H,1,5-6,10-12H2,2-3H3/t13-,14+/m0/s1. The number of rotatable bonds is 4. The normalized spacial score (nSPS) is 19.5. The van der Waals surface area contributed by atoms with Crippen molar-refractivity contribution in [1.29, 1.82) is 0 Å². The van der Waals surface area contributed by atoms with Crippen molar-refractivity contribution in [3.63, 3.8) is 0 Å². The molecule has 2 aliphatic heterocycles. The van der Waals surface area contributed by atoms with E-state index in [9.17, 15) is 14.0 Å². The van der Waals surface area contributed by atoms with Crippen LogP contribution in [0.3, 0.4) is 0 Å². The summed E-state index contributed by atoms with van der Waals surface area (Å²) in [5, 5.41) is 0.576. The third-order valence-electron chi connectivity index (χ3n) is 6.95. The molecule has 2 aromatic carbocycles. The van der Waals surface area contributed by atoms with Crippen LogP contribution in [0.1, 0.15) is 6.92 Å². The molecule has 2 atom stereocenters. The summed E-state index contributed by atoms with van der Waals surface area (Å²) in [5.41, 5.74) is 0.408. The van der Waals surface area contributed by atoms with Crippen LogP contribution < -0.4 is 10.6 Å². The molecule has 0 radical (unpaired) electrons. The summed E-state index contributed by atoms with van der Waals surface area (Å²) >= 11 is 14.2. The van der Waals surface area contributed by atoms with Gasteiger partial charge in [0.2, 0.25) is 5.91 Å². The van der Waals surface area contributed by atoms with Crippen molar-refractivity contribution in [2.24, 2.45) is 0 Å². The first-order chi connectivity index (χ1) is 18.1. The summed E-state index contributed by atoms with van der Waals surface area (Å²) < 4.78 is 36.2. The molecule has 3 heterocycles. The molecule has 200 valence electrons. The lowest BCUT2D eigenvalue weighted by molar-refractivity contribution is -0.126. The van der Waals surface area contributed by atoms with E-state index in [-0.39, 0.29) is 40.2 Å². The van der Waals surface area contributed by atoms with E-state index in [0.717, 1.165) is 6.07 Å². The predicted molar refractivity (Wildman–Crippen MR) is 146 cm³/mol. The van der Waals surface area contributed by atoms with Crippen molar-refractivity contribution in [2.45, 2.75) is 30.5 Å². The number of ether oxygens (including phenoxy) is 1. The lowest BCUT2D eigenvalue weighted by Crippen LogP contribution is -2.54. The Balaban J connectivity index is 1.76. The number of methoxy groups -OCH3 is 1. The van der Waals surface area contributed by atoms with Gasteiger partial charge in [0.05, 0.1) is 28.2 Å². The molecule has 0 saturated carbocycles. The number of nitrogens with zero attached hydrogens (tertiary/aromatic N) is 4. The number of halogens is 4. The first-order valence-electron chi connectivity index (χ1n) is 11.9. The molecule has 0 unspecified atom stereocenters. The van der Waals surface area contributed by atoms with Crippen molar-refractivity contribution in [3.05, 3.63) is 63.0 Å². The highest BCUT2D eigenvalue weighted by Gasteiger charge is 2.32. The van der Waals surface area contributed by atoms with Crippen LogP contribution in [0.5, 0.6) is 0 Å². The minimum absolute atomic E-state index is 0.0314. The van der Waals surface area contributed by atoms with E-state index in [1.54, 1.807) is 18.1 Å². The first-order valence-corrected chi connectivity index (χ1v) is 13.6. The van der Waals surface area contributed by atoms with Crippen LogP contribution in [0.25, 0.3) is 22.0 Å². The van der Waals surface area contributed by atoms with Gasteiger partial charge in [-0.05, 0) is 25.1 Å². The average Bonchev–Trinajstić information content (AvgIpc) is 3.09. The molecule has 3 aromatic rings. The number of benzene rings is 2. The number of piperazine rings is 1. The van der Waals surface area contributed by atoms with Crippen molar-refractivity contribution in [2.75, 3.05) is 37.4 Å². The fourth-order valence-corrected chi connectivity index (χ4v) is 6.87. The summed E-state index contributed by atoms with van der Waals surface area (Å²) in [6.07, 6.45) is 0.964. The SMILES string of the molecule is C=CC(=O)N1CCN(c2nc(=O)n3c4c(c(-c5cc(Cl)c(F)cc5F)c(Cl)cc24)SC[C@H](OC)C3)[C@@H](C)C1. The van der Waals surface area contributed by atoms with Crippen molar-refractivity contribution >= 4 is 57.6 Å². The van der Waals surface area contributed by atoms with Crippen LogP contribution in [0.4, 0.5) is 14.6 Å². The molecule has 2 aliphatic rings. The average molecular weight is 581 g/mol. The Morgan fingerprint density at radius 1 is 1.18 bits per heavy atom. The number of anilines is 1. The van der Waals surface area contributed by atoms with Crippen molar-refractivity contribution < 1.29 is 18.3 Å². The highest BCUT2D eigenvalue weighted by Crippen LogP contribution is 2.46. The molecule has 1 saturated heterocycles. The molecule has 5 rings (SSSR count). The summed E-state index contributed by atoms with van der Waals surface area (Å²) in [6.45, 7) is 7.05. The fourth-order valence-electron chi connectivity index (χ4n) is 5.03. The molecule has 0 bridgehead atoms. The van der Waals surface area contributed by atoms with E-state index >= 15 is 4.39 Å². The minimum Gasteiger partial charge on any atom is -0.379 e. The predicted octanol–water partition coefficient (Wildman–Crippen LogP) is 4.99. The van der Waals surface area contributed by atoms with Gasteiger partial charge in [0, 0.05) is 66.0 Å². The monoisotopic (exact) mass is 580 g/mol. The number of carbonyl (C=O) groups is 1. The Kier molecular flexibility index (Phi) is 7.43. The fraction of sp³-hybridized carbons (Fsp3) is 0.346. The largest absolute Gasteiger partial charge is 0.379 e. The number of hydrogen-bond acceptors (Lipinski definition) is 6. The van der Waals surface area contributed by atoms with E-state index in [1.165, 1.54) is 28.5 Å². The zero-order valence-corrected chi connectivity index (χ0v) is 23.0. The highest BCUT2D eigenvalue weighted by molar-refractivity contribution is 7.99. The van der Waals surface area contributed by atoms with E-state index in [1.807, 2.05) is 11.8 Å². The first kappa shape index (κ1) is 26.9. The maximum Gasteiger partial charge on any atom is 0.350 e. The minimum atomic E-state index is -0.880. The van der Waals surface area contributed by atoms with Crippen LogP contribution in [0, 0.1) is 11.6 Å². The van der Waals surface area contributed by atoms with Crippen molar-refractivity contribution in [1.82, 2.24) is 14.5 Å². The van der Waals surface area contributed by atoms with Crippen LogP contribution in [-0.4, -0.2) is 65.0 Å². The summed E-state index contributed by atoms with van der Waals surface area (Å²) in [7, 11) is 1.56. The van der Waals surface area contributed by atoms with Gasteiger partial charge in [0.1, 0.15) is 17.5 Å². The van der Waals surface area contributed by atoms with Gasteiger partial charge >= 0.3 is 5.69 Å². The molecule has 1 amide bonds. The Morgan fingerprint density at radius 3 is 2.63 bits per heavy atom. The van der Waals surface area contributed by atoms with Gasteiger partial charge in [-0.2, -0.15) is 4.98 Å². The van der Waals surface area contributed by atoms with Crippen LogP contribution in [0.2, 0.25) is 10.0 Å². The topological polar surface area (TPSA) is 67.7 Å². The number of thioether (sulfide) groups is 1. The molecule has 0 N–H and O–H groups in total. The number of carbonyl (C=O) groups excluding carboxylic acids is 1. The lowest BCUT2D eigenvalue weighted by Gasteiger charge is -2.40. The molecule has 1 fully saturated rings. The maximum atomic E-state index is 15.1. The third kappa shape index (κ3) is 4.57. The van der Waals surface area contributed by atoms with Crippen LogP contribution in [-0.2, 0) is 16.1 Å². The van der Waals surface area contributed by atoms with Gasteiger partial charge in [0.15, 0.2) is 0 Å². The quantitative estimate of drug-likeness (QED) is 0.320. The highest BCUT2D eigenvalue weighted by atomic mass is 35.5. The van der Waals surface area contributed by atoms with E-state index in [2.05, 4.69) is 11.6 Å². The van der Waals surface area contributed by atoms with E-state index in [4.69, 9.17) is 27.9 Å². The van der Waals surface area contributed by atoms with Gasteiger partial charge in [-0.25, -0.2) is 13.6 Å². The molecular formula is C26H24Cl2F2N4O3S. The molecule has 38 heavy (non-hydrogen) atoms. The Morgan fingerprint density at radius 2 is 1.95 bits per heavy atom. The second-order valence-corrected chi connectivity index (χ2v) is 11.1. The zero-order valence-electron chi connectivity index (χ0n) is 20.6. The number of hydrogen-bond donors (Lipinski definition) is 0. The second kappa shape index (κ2) is 10.5. The molecule has 0 aliphatic carbocycles. The Labute approximate surface area is 232 Å². The van der Waals surface area contributed by atoms with E-state index < -0.39 is 17.3 Å². The lowest BCUT2D eigenvalue weighted by atomic mass is 10.0.